The molecular weight excluding hydrogens is 661 g/mol. The monoisotopic (exact) mass is 700 g/mol. The number of phenolic OH excluding ortho intramolecular Hbond substituents is 2. The molecule has 0 aliphatic heterocycles. The van der Waals surface area contributed by atoms with Crippen molar-refractivity contribution < 1.29 is 10.2 Å². The van der Waals surface area contributed by atoms with Crippen LogP contribution in [0, 0.1) is 13.8 Å². The number of hydrogen-bond acceptors (Lipinski definition) is 4. The van der Waals surface area contributed by atoms with Gasteiger partial charge in [0.2, 0.25) is 0 Å². The summed E-state index contributed by atoms with van der Waals surface area (Å²) in [6.07, 6.45) is 0. The zero-order chi connectivity index (χ0) is 37.0. The van der Waals surface area contributed by atoms with Gasteiger partial charge in [-0.3, -0.25) is 0 Å². The molecule has 0 fully saturated rings. The second kappa shape index (κ2) is 14.9. The van der Waals surface area contributed by atoms with Gasteiger partial charge >= 0.3 is 0 Å². The van der Waals surface area contributed by atoms with E-state index in [4.69, 9.17) is 0 Å². The van der Waals surface area contributed by atoms with Gasteiger partial charge in [-0.2, -0.15) is 0 Å². The number of para-hydroxylation sites is 2. The van der Waals surface area contributed by atoms with Crippen molar-refractivity contribution >= 4 is 34.1 Å². The van der Waals surface area contributed by atoms with Crippen molar-refractivity contribution in [3.05, 3.63) is 205 Å². The van der Waals surface area contributed by atoms with Crippen molar-refractivity contribution in [1.82, 2.24) is 0 Å². The number of anilines is 6. The van der Waals surface area contributed by atoms with E-state index in [-0.39, 0.29) is 11.5 Å². The van der Waals surface area contributed by atoms with Gasteiger partial charge in [-0.15, -0.1) is 0 Å². The summed E-state index contributed by atoms with van der Waals surface area (Å²) in [4.78, 5) is 4.61. The molecular formula is C50H40N2O2. The van der Waals surface area contributed by atoms with Crippen molar-refractivity contribution in [3.8, 4) is 44.9 Å². The van der Waals surface area contributed by atoms with Crippen molar-refractivity contribution in [2.24, 2.45) is 0 Å². The first-order chi connectivity index (χ1) is 26.4. The van der Waals surface area contributed by atoms with Gasteiger partial charge in [0.15, 0.2) is 0 Å². The van der Waals surface area contributed by atoms with E-state index in [0.717, 1.165) is 67.5 Å². The topological polar surface area (TPSA) is 46.9 Å². The maximum Gasteiger partial charge on any atom is 0.115 e. The van der Waals surface area contributed by atoms with Crippen LogP contribution < -0.4 is 9.80 Å². The zero-order valence-corrected chi connectivity index (χ0v) is 30.3. The van der Waals surface area contributed by atoms with Crippen LogP contribution in [0.5, 0.6) is 11.5 Å². The Morgan fingerprint density at radius 1 is 0.296 bits per heavy atom. The highest BCUT2D eigenvalue weighted by atomic mass is 16.3. The van der Waals surface area contributed by atoms with E-state index >= 15 is 0 Å². The van der Waals surface area contributed by atoms with Gasteiger partial charge in [0.1, 0.15) is 11.5 Å². The number of nitrogens with zero attached hydrogens (tertiary/aromatic N) is 2. The van der Waals surface area contributed by atoms with Gasteiger partial charge in [-0.1, -0.05) is 97.1 Å². The molecule has 0 radical (unpaired) electrons. The van der Waals surface area contributed by atoms with Crippen molar-refractivity contribution in [2.75, 3.05) is 9.80 Å². The predicted octanol–water partition coefficient (Wildman–Crippen LogP) is 13.7. The Morgan fingerprint density at radius 2 is 0.574 bits per heavy atom. The van der Waals surface area contributed by atoms with E-state index in [1.807, 2.05) is 36.4 Å². The molecule has 8 rings (SSSR count). The molecule has 0 unspecified atom stereocenters. The molecule has 0 aliphatic carbocycles. The number of aryl methyl sites for hydroxylation is 2. The molecule has 0 saturated heterocycles. The molecule has 0 saturated carbocycles. The van der Waals surface area contributed by atoms with E-state index < -0.39 is 0 Å². The average molecular weight is 701 g/mol. The Kier molecular flexibility index (Phi) is 9.40. The summed E-state index contributed by atoms with van der Waals surface area (Å²) in [5, 5.41) is 19.5. The van der Waals surface area contributed by atoms with Crippen LogP contribution in [0.1, 0.15) is 11.1 Å². The molecule has 0 aromatic heterocycles. The summed E-state index contributed by atoms with van der Waals surface area (Å²) in [5.74, 6) is 0.526. The molecule has 8 aromatic rings. The first kappa shape index (κ1) is 34.1. The number of hydrogen-bond donors (Lipinski definition) is 2. The summed E-state index contributed by atoms with van der Waals surface area (Å²) in [5.41, 5.74) is 15.5. The number of phenols is 2. The molecule has 0 aliphatic rings. The van der Waals surface area contributed by atoms with Crippen molar-refractivity contribution in [3.63, 3.8) is 0 Å². The lowest BCUT2D eigenvalue weighted by atomic mass is 9.98. The van der Waals surface area contributed by atoms with Crippen molar-refractivity contribution in [1.29, 1.82) is 0 Å². The smallest absolute Gasteiger partial charge is 0.115 e. The third-order valence-electron chi connectivity index (χ3n) is 9.89. The molecule has 4 nitrogen and oxygen atoms in total. The molecule has 0 spiro atoms. The van der Waals surface area contributed by atoms with Crippen LogP contribution in [-0.4, -0.2) is 10.2 Å². The van der Waals surface area contributed by atoms with E-state index in [1.165, 1.54) is 11.1 Å². The van der Waals surface area contributed by atoms with E-state index in [2.05, 4.69) is 157 Å². The van der Waals surface area contributed by atoms with Crippen LogP contribution in [0.25, 0.3) is 33.4 Å². The van der Waals surface area contributed by atoms with Crippen LogP contribution in [0.15, 0.2) is 194 Å². The molecule has 262 valence electrons. The summed E-state index contributed by atoms with van der Waals surface area (Å²) >= 11 is 0. The third kappa shape index (κ3) is 7.06. The minimum absolute atomic E-state index is 0.263. The zero-order valence-electron chi connectivity index (χ0n) is 30.3. The quantitative estimate of drug-likeness (QED) is 0.157. The SMILES string of the molecule is Cc1cc(-c2ccc(N(c3ccccc3)c3ccc(-c4ccc(O)cc4)cc3)c(C)c2)ccc1N(c1ccccc1)c1ccc(-c2ccc(O)cc2)cc1. The maximum absolute atomic E-state index is 9.75. The highest BCUT2D eigenvalue weighted by Crippen LogP contribution is 2.41. The van der Waals surface area contributed by atoms with Crippen LogP contribution in [0.2, 0.25) is 0 Å². The second-order valence-electron chi connectivity index (χ2n) is 13.5. The fourth-order valence-corrected chi connectivity index (χ4v) is 7.09. The highest BCUT2D eigenvalue weighted by Gasteiger charge is 2.18. The van der Waals surface area contributed by atoms with Crippen LogP contribution in [-0.2, 0) is 0 Å². The van der Waals surface area contributed by atoms with Gasteiger partial charge in [-0.05, 0) is 155 Å². The molecule has 0 atom stereocenters. The van der Waals surface area contributed by atoms with Gasteiger partial charge < -0.3 is 20.0 Å². The van der Waals surface area contributed by atoms with Crippen LogP contribution in [0.3, 0.4) is 0 Å². The largest absolute Gasteiger partial charge is 0.508 e. The van der Waals surface area contributed by atoms with Gasteiger partial charge in [0, 0.05) is 34.1 Å². The van der Waals surface area contributed by atoms with Crippen LogP contribution >= 0.6 is 0 Å². The van der Waals surface area contributed by atoms with Crippen LogP contribution in [0.4, 0.5) is 34.1 Å². The lowest BCUT2D eigenvalue weighted by Crippen LogP contribution is -2.11. The summed E-state index contributed by atoms with van der Waals surface area (Å²) in [6, 6.07) is 66.2. The lowest BCUT2D eigenvalue weighted by Gasteiger charge is -2.28. The first-order valence-electron chi connectivity index (χ1n) is 18.1. The van der Waals surface area contributed by atoms with Crippen molar-refractivity contribution in [2.45, 2.75) is 13.8 Å². The Morgan fingerprint density at radius 3 is 0.889 bits per heavy atom. The fraction of sp³-hybridized carbons (Fsp3) is 0.0400. The lowest BCUT2D eigenvalue weighted by molar-refractivity contribution is 0.475. The molecule has 54 heavy (non-hydrogen) atoms. The predicted molar refractivity (Wildman–Crippen MR) is 225 cm³/mol. The molecule has 0 amide bonds. The van der Waals surface area contributed by atoms with E-state index in [0.29, 0.717) is 0 Å². The summed E-state index contributed by atoms with van der Waals surface area (Å²) < 4.78 is 0. The molecule has 0 bridgehead atoms. The molecule has 2 N–H and O–H groups in total. The molecule has 4 heteroatoms. The van der Waals surface area contributed by atoms with E-state index in [1.54, 1.807) is 24.3 Å². The van der Waals surface area contributed by atoms with Gasteiger partial charge in [0.05, 0.1) is 0 Å². The Balaban J connectivity index is 1.11. The summed E-state index contributed by atoms with van der Waals surface area (Å²) in [6.45, 7) is 4.36. The summed E-state index contributed by atoms with van der Waals surface area (Å²) in [7, 11) is 0. The third-order valence-corrected chi connectivity index (χ3v) is 9.89. The normalized spacial score (nSPS) is 10.9. The minimum Gasteiger partial charge on any atom is -0.508 e. The van der Waals surface area contributed by atoms with Gasteiger partial charge in [0.25, 0.3) is 0 Å². The number of rotatable bonds is 9. The maximum atomic E-state index is 9.75. The number of benzene rings is 8. The number of aromatic hydroxyl groups is 2. The Bertz CT molecular complexity index is 2320. The highest BCUT2D eigenvalue weighted by molar-refractivity contribution is 5.84. The minimum atomic E-state index is 0.263. The second-order valence-corrected chi connectivity index (χ2v) is 13.5. The Labute approximate surface area is 317 Å². The first-order valence-corrected chi connectivity index (χ1v) is 18.1. The van der Waals surface area contributed by atoms with E-state index in [9.17, 15) is 10.2 Å². The van der Waals surface area contributed by atoms with Gasteiger partial charge in [-0.25, -0.2) is 0 Å². The molecule has 0 heterocycles. The molecule has 8 aromatic carbocycles. The Hall–Kier alpha value is -7.04. The fourth-order valence-electron chi connectivity index (χ4n) is 7.09. The average Bonchev–Trinajstić information content (AvgIpc) is 3.21. The standard InChI is InChI=1S/C50H40N2O2/c1-35-33-41(21-31-49(35)51(43-9-5-3-6-10-43)45-23-13-37(14-24-45)39-17-27-47(53)28-18-39)42-22-32-50(36(2)34-42)52(44-11-7-4-8-12-44)46-25-15-38(16-26-46)40-19-29-48(54)30-20-40/h3-34,53-54H,1-2H3.